The number of allylic oxidation sites excluding steroid dienone is 1. The molecule has 0 fully saturated rings. The molecule has 0 aliphatic carbocycles. The number of nitrogens with zero attached hydrogens (tertiary/aromatic N) is 1. The number of nitrogens with one attached hydrogen (secondary N) is 1. The van der Waals surface area contributed by atoms with Gasteiger partial charge in [0, 0.05) is 19.6 Å². The SMILES string of the molecule is C=CCCCN(C)C(=O)CNC(C)C. The van der Waals surface area contributed by atoms with Crippen LogP contribution in [0.15, 0.2) is 12.7 Å². The normalized spacial score (nSPS) is 10.3. The second-order valence-corrected chi connectivity index (χ2v) is 3.78. The van der Waals surface area contributed by atoms with Crippen LogP contribution in [-0.4, -0.2) is 37.0 Å². The Hall–Kier alpha value is -0.830. The molecule has 0 unspecified atom stereocenters. The van der Waals surface area contributed by atoms with Crippen LogP contribution in [0.1, 0.15) is 26.7 Å². The molecule has 3 heteroatoms. The number of rotatable bonds is 7. The van der Waals surface area contributed by atoms with Crippen LogP contribution >= 0.6 is 0 Å². The van der Waals surface area contributed by atoms with Gasteiger partial charge in [-0.15, -0.1) is 6.58 Å². The quantitative estimate of drug-likeness (QED) is 0.495. The van der Waals surface area contributed by atoms with Gasteiger partial charge in [-0.05, 0) is 12.8 Å². The van der Waals surface area contributed by atoms with Crippen LogP contribution in [0, 0.1) is 0 Å². The van der Waals surface area contributed by atoms with Gasteiger partial charge in [-0.3, -0.25) is 4.79 Å². The maximum Gasteiger partial charge on any atom is 0.236 e. The van der Waals surface area contributed by atoms with E-state index in [0.717, 1.165) is 19.4 Å². The third kappa shape index (κ3) is 6.66. The van der Waals surface area contributed by atoms with Crippen LogP contribution in [0.3, 0.4) is 0 Å². The standard InChI is InChI=1S/C11H22N2O/c1-5-6-7-8-13(4)11(14)9-12-10(2)3/h5,10,12H,1,6-9H2,2-4H3. The van der Waals surface area contributed by atoms with E-state index in [1.807, 2.05) is 27.0 Å². The van der Waals surface area contributed by atoms with Crippen LogP contribution in [0.25, 0.3) is 0 Å². The largest absolute Gasteiger partial charge is 0.345 e. The number of likely N-dealkylation sites (N-methyl/N-ethyl adjacent to an activating group) is 1. The van der Waals surface area contributed by atoms with E-state index in [0.29, 0.717) is 12.6 Å². The van der Waals surface area contributed by atoms with Crippen molar-refractivity contribution in [3.63, 3.8) is 0 Å². The van der Waals surface area contributed by atoms with Gasteiger partial charge in [-0.1, -0.05) is 19.9 Å². The number of carbonyl (C=O) groups excluding carboxylic acids is 1. The number of amides is 1. The number of unbranched alkanes of at least 4 members (excludes halogenated alkanes) is 1. The van der Waals surface area contributed by atoms with Gasteiger partial charge in [0.15, 0.2) is 0 Å². The fourth-order valence-electron chi connectivity index (χ4n) is 1.02. The third-order valence-electron chi connectivity index (χ3n) is 1.99. The van der Waals surface area contributed by atoms with Gasteiger partial charge in [-0.2, -0.15) is 0 Å². The first kappa shape index (κ1) is 13.2. The maximum absolute atomic E-state index is 11.5. The summed E-state index contributed by atoms with van der Waals surface area (Å²) in [6, 6.07) is 0.362. The van der Waals surface area contributed by atoms with Crippen LogP contribution < -0.4 is 5.32 Å². The predicted molar refractivity (Wildman–Crippen MR) is 60.2 cm³/mol. The summed E-state index contributed by atoms with van der Waals surface area (Å²) in [5.41, 5.74) is 0. The van der Waals surface area contributed by atoms with E-state index in [4.69, 9.17) is 0 Å². The summed E-state index contributed by atoms with van der Waals surface area (Å²) in [7, 11) is 1.84. The highest BCUT2D eigenvalue weighted by molar-refractivity contribution is 5.77. The number of hydrogen-bond donors (Lipinski definition) is 1. The molecule has 0 saturated carbocycles. The Morgan fingerprint density at radius 1 is 1.57 bits per heavy atom. The molecule has 0 aromatic carbocycles. The fourth-order valence-corrected chi connectivity index (χ4v) is 1.02. The van der Waals surface area contributed by atoms with Crippen LogP contribution in [-0.2, 0) is 4.79 Å². The lowest BCUT2D eigenvalue weighted by Gasteiger charge is -2.17. The van der Waals surface area contributed by atoms with E-state index in [1.54, 1.807) is 4.90 Å². The van der Waals surface area contributed by atoms with Crippen molar-refractivity contribution < 1.29 is 4.79 Å². The van der Waals surface area contributed by atoms with Crippen molar-refractivity contribution in [1.29, 1.82) is 0 Å². The molecular weight excluding hydrogens is 176 g/mol. The Labute approximate surface area is 87.2 Å². The van der Waals surface area contributed by atoms with E-state index in [9.17, 15) is 4.79 Å². The molecule has 0 aliphatic rings. The minimum atomic E-state index is 0.155. The van der Waals surface area contributed by atoms with E-state index in [2.05, 4.69) is 11.9 Å². The van der Waals surface area contributed by atoms with Crippen LogP contribution in [0.2, 0.25) is 0 Å². The molecule has 1 amide bonds. The second kappa shape index (κ2) is 7.56. The topological polar surface area (TPSA) is 32.3 Å². The monoisotopic (exact) mass is 198 g/mol. The Kier molecular flexibility index (Phi) is 7.11. The van der Waals surface area contributed by atoms with Gasteiger partial charge >= 0.3 is 0 Å². The van der Waals surface area contributed by atoms with Gasteiger partial charge < -0.3 is 10.2 Å². The van der Waals surface area contributed by atoms with E-state index < -0.39 is 0 Å². The second-order valence-electron chi connectivity index (χ2n) is 3.78. The zero-order valence-electron chi connectivity index (χ0n) is 9.55. The summed E-state index contributed by atoms with van der Waals surface area (Å²) in [4.78, 5) is 13.2. The summed E-state index contributed by atoms with van der Waals surface area (Å²) in [5.74, 6) is 0.155. The molecule has 0 heterocycles. The average Bonchev–Trinajstić information content (AvgIpc) is 2.14. The van der Waals surface area contributed by atoms with Crippen molar-refractivity contribution in [3.05, 3.63) is 12.7 Å². The lowest BCUT2D eigenvalue weighted by Crippen LogP contribution is -2.38. The highest BCUT2D eigenvalue weighted by Crippen LogP contribution is 1.93. The molecule has 1 N–H and O–H groups in total. The summed E-state index contributed by atoms with van der Waals surface area (Å²) >= 11 is 0. The zero-order chi connectivity index (χ0) is 11.0. The molecule has 82 valence electrons. The van der Waals surface area contributed by atoms with Gasteiger partial charge in [0.2, 0.25) is 5.91 Å². The molecule has 0 atom stereocenters. The summed E-state index contributed by atoms with van der Waals surface area (Å²) in [6.45, 7) is 8.95. The highest BCUT2D eigenvalue weighted by Gasteiger charge is 2.07. The van der Waals surface area contributed by atoms with Crippen molar-refractivity contribution in [1.82, 2.24) is 10.2 Å². The molecule has 0 rings (SSSR count). The van der Waals surface area contributed by atoms with Gasteiger partial charge in [0.25, 0.3) is 0 Å². The third-order valence-corrected chi connectivity index (χ3v) is 1.99. The molecule has 0 radical (unpaired) electrons. The molecule has 0 aliphatic heterocycles. The van der Waals surface area contributed by atoms with Gasteiger partial charge in [0.1, 0.15) is 0 Å². The van der Waals surface area contributed by atoms with E-state index >= 15 is 0 Å². The summed E-state index contributed by atoms with van der Waals surface area (Å²) < 4.78 is 0. The number of hydrogen-bond acceptors (Lipinski definition) is 2. The number of carbonyl (C=O) groups is 1. The lowest BCUT2D eigenvalue weighted by molar-refractivity contribution is -0.129. The van der Waals surface area contributed by atoms with Crippen molar-refractivity contribution in [2.75, 3.05) is 20.1 Å². The van der Waals surface area contributed by atoms with Crippen molar-refractivity contribution in [2.24, 2.45) is 0 Å². The summed E-state index contributed by atoms with van der Waals surface area (Å²) in [6.07, 6.45) is 3.84. The first-order valence-corrected chi connectivity index (χ1v) is 5.16. The Balaban J connectivity index is 3.59. The molecule has 0 aromatic heterocycles. The van der Waals surface area contributed by atoms with Crippen LogP contribution in [0.4, 0.5) is 0 Å². The van der Waals surface area contributed by atoms with Crippen LogP contribution in [0.5, 0.6) is 0 Å². The lowest BCUT2D eigenvalue weighted by atomic mass is 10.3. The fraction of sp³-hybridized carbons (Fsp3) is 0.727. The molecular formula is C11H22N2O. The maximum atomic E-state index is 11.5. The highest BCUT2D eigenvalue weighted by atomic mass is 16.2. The zero-order valence-corrected chi connectivity index (χ0v) is 9.55. The van der Waals surface area contributed by atoms with Crippen molar-refractivity contribution >= 4 is 5.91 Å². The molecule has 3 nitrogen and oxygen atoms in total. The first-order valence-electron chi connectivity index (χ1n) is 5.16. The Bertz CT molecular complexity index is 178. The molecule has 0 aromatic rings. The minimum absolute atomic E-state index is 0.155. The smallest absolute Gasteiger partial charge is 0.236 e. The molecule has 0 bridgehead atoms. The van der Waals surface area contributed by atoms with Gasteiger partial charge in [0.05, 0.1) is 6.54 Å². The average molecular weight is 198 g/mol. The molecule has 0 spiro atoms. The molecule has 0 saturated heterocycles. The van der Waals surface area contributed by atoms with E-state index in [-0.39, 0.29) is 5.91 Å². The van der Waals surface area contributed by atoms with Gasteiger partial charge in [-0.25, -0.2) is 0 Å². The van der Waals surface area contributed by atoms with E-state index in [1.165, 1.54) is 0 Å². The first-order chi connectivity index (χ1) is 6.57. The Morgan fingerprint density at radius 3 is 2.71 bits per heavy atom. The molecule has 14 heavy (non-hydrogen) atoms. The van der Waals surface area contributed by atoms with Crippen molar-refractivity contribution in [3.8, 4) is 0 Å². The van der Waals surface area contributed by atoms with Crippen molar-refractivity contribution in [2.45, 2.75) is 32.7 Å². The summed E-state index contributed by atoms with van der Waals surface area (Å²) in [5, 5.41) is 3.11. The Morgan fingerprint density at radius 2 is 2.21 bits per heavy atom. The minimum Gasteiger partial charge on any atom is -0.345 e. The predicted octanol–water partition coefficient (Wildman–Crippen LogP) is 1.41.